The number of nitro groups is 1. The molecule has 0 spiro atoms. The zero-order chi connectivity index (χ0) is 12.3. The molecule has 1 aromatic carbocycles. The molecule has 0 aliphatic heterocycles. The van der Waals surface area contributed by atoms with Crippen molar-refractivity contribution in [2.24, 2.45) is 5.73 Å². The summed E-state index contributed by atoms with van der Waals surface area (Å²) in [6.07, 6.45) is 0. The molecule has 8 nitrogen and oxygen atoms in total. The molecule has 1 heterocycles. The van der Waals surface area contributed by atoms with Crippen LogP contribution in [0.25, 0.3) is 11.4 Å². The lowest BCUT2D eigenvalue weighted by Crippen LogP contribution is -2.12. The summed E-state index contributed by atoms with van der Waals surface area (Å²) >= 11 is 0. The summed E-state index contributed by atoms with van der Waals surface area (Å²) in [5, 5.41) is 21.7. The molecule has 2 N–H and O–H groups in total. The van der Waals surface area contributed by atoms with Gasteiger partial charge in [-0.2, -0.15) is 0 Å². The van der Waals surface area contributed by atoms with Crippen LogP contribution in [0.4, 0.5) is 5.69 Å². The third-order valence-corrected chi connectivity index (χ3v) is 2.21. The van der Waals surface area contributed by atoms with Crippen LogP contribution in [0.15, 0.2) is 24.3 Å². The van der Waals surface area contributed by atoms with Gasteiger partial charge in [-0.25, -0.2) is 4.68 Å². The fraction of sp³-hybridized carbons (Fsp3) is 0.222. The lowest BCUT2D eigenvalue weighted by molar-refractivity contribution is -0.384. The number of aromatic nitrogens is 4. The largest absolute Gasteiger partial charge is 0.329 e. The van der Waals surface area contributed by atoms with E-state index in [9.17, 15) is 10.1 Å². The molecule has 2 aromatic rings. The van der Waals surface area contributed by atoms with E-state index in [1.54, 1.807) is 16.8 Å². The number of non-ortho nitro benzene ring substituents is 1. The molecule has 1 aromatic heterocycles. The molecular formula is C9H10N6O2. The van der Waals surface area contributed by atoms with Crippen LogP contribution < -0.4 is 5.73 Å². The summed E-state index contributed by atoms with van der Waals surface area (Å²) in [4.78, 5) is 10.1. The first kappa shape index (κ1) is 11.1. The third kappa shape index (κ3) is 2.26. The minimum absolute atomic E-state index is 0.0339. The van der Waals surface area contributed by atoms with E-state index in [1.807, 2.05) is 0 Å². The van der Waals surface area contributed by atoms with Gasteiger partial charge in [-0.15, -0.1) is 5.10 Å². The Morgan fingerprint density at radius 2 is 2.06 bits per heavy atom. The van der Waals surface area contributed by atoms with Crippen molar-refractivity contribution in [1.29, 1.82) is 0 Å². The van der Waals surface area contributed by atoms with E-state index in [4.69, 9.17) is 5.73 Å². The summed E-state index contributed by atoms with van der Waals surface area (Å²) in [6.45, 7) is 0.921. The van der Waals surface area contributed by atoms with Gasteiger partial charge in [0.05, 0.1) is 11.5 Å². The van der Waals surface area contributed by atoms with E-state index < -0.39 is 4.92 Å². The van der Waals surface area contributed by atoms with Crippen molar-refractivity contribution in [3.8, 4) is 11.4 Å². The molecule has 0 radical (unpaired) electrons. The van der Waals surface area contributed by atoms with Gasteiger partial charge in [0.15, 0.2) is 5.82 Å². The van der Waals surface area contributed by atoms with Crippen LogP contribution in [0.2, 0.25) is 0 Å². The van der Waals surface area contributed by atoms with Crippen LogP contribution in [-0.4, -0.2) is 31.7 Å². The van der Waals surface area contributed by atoms with Crippen molar-refractivity contribution in [2.75, 3.05) is 6.54 Å². The van der Waals surface area contributed by atoms with Crippen LogP contribution in [0.5, 0.6) is 0 Å². The number of benzene rings is 1. The molecule has 2 rings (SSSR count). The molecule has 0 bridgehead atoms. The molecule has 0 saturated heterocycles. The minimum atomic E-state index is -0.452. The van der Waals surface area contributed by atoms with Crippen molar-refractivity contribution < 1.29 is 4.92 Å². The first-order valence-electron chi connectivity index (χ1n) is 4.93. The topological polar surface area (TPSA) is 113 Å². The monoisotopic (exact) mass is 234 g/mol. The maximum atomic E-state index is 10.5. The van der Waals surface area contributed by atoms with Gasteiger partial charge >= 0.3 is 0 Å². The minimum Gasteiger partial charge on any atom is -0.329 e. The van der Waals surface area contributed by atoms with E-state index >= 15 is 0 Å². The second-order valence-corrected chi connectivity index (χ2v) is 3.32. The zero-order valence-electron chi connectivity index (χ0n) is 8.85. The smallest absolute Gasteiger partial charge is 0.269 e. The van der Waals surface area contributed by atoms with E-state index in [1.165, 1.54) is 12.1 Å². The molecule has 0 amide bonds. The van der Waals surface area contributed by atoms with Gasteiger partial charge in [0.25, 0.3) is 5.69 Å². The Balaban J connectivity index is 2.33. The molecule has 0 aliphatic rings. The Kier molecular flexibility index (Phi) is 3.06. The fourth-order valence-corrected chi connectivity index (χ4v) is 1.42. The number of rotatable bonds is 4. The molecule has 0 unspecified atom stereocenters. The molecule has 88 valence electrons. The molecular weight excluding hydrogens is 224 g/mol. The van der Waals surface area contributed by atoms with Gasteiger partial charge in [-0.05, 0) is 22.6 Å². The Hall–Kier alpha value is -2.35. The predicted molar refractivity (Wildman–Crippen MR) is 59.0 cm³/mol. The number of nitrogens with two attached hydrogens (primary N) is 1. The van der Waals surface area contributed by atoms with E-state index in [0.717, 1.165) is 0 Å². The van der Waals surface area contributed by atoms with Crippen molar-refractivity contribution in [1.82, 2.24) is 20.2 Å². The molecule has 0 saturated carbocycles. The van der Waals surface area contributed by atoms with Gasteiger partial charge in [-0.1, -0.05) is 0 Å². The fourth-order valence-electron chi connectivity index (χ4n) is 1.42. The Bertz CT molecular complexity index is 521. The summed E-state index contributed by atoms with van der Waals surface area (Å²) in [7, 11) is 0. The second-order valence-electron chi connectivity index (χ2n) is 3.32. The average Bonchev–Trinajstić information content (AvgIpc) is 2.78. The SMILES string of the molecule is NCCn1nnnc1-c1ccc([N+](=O)[O-])cc1. The van der Waals surface area contributed by atoms with Gasteiger partial charge in [-0.3, -0.25) is 10.1 Å². The number of nitro benzene ring substituents is 1. The van der Waals surface area contributed by atoms with Crippen molar-refractivity contribution in [3.63, 3.8) is 0 Å². The van der Waals surface area contributed by atoms with E-state index in [0.29, 0.717) is 24.5 Å². The highest BCUT2D eigenvalue weighted by atomic mass is 16.6. The van der Waals surface area contributed by atoms with Crippen LogP contribution in [-0.2, 0) is 6.54 Å². The first-order chi connectivity index (χ1) is 8.22. The molecule has 0 aliphatic carbocycles. The molecule has 8 heteroatoms. The van der Waals surface area contributed by atoms with Gasteiger partial charge in [0, 0.05) is 24.2 Å². The number of tetrazole rings is 1. The van der Waals surface area contributed by atoms with Crippen molar-refractivity contribution in [2.45, 2.75) is 6.54 Å². The predicted octanol–water partition coefficient (Wildman–Crippen LogP) is 0.207. The summed E-state index contributed by atoms with van der Waals surface area (Å²) in [5.41, 5.74) is 6.18. The first-order valence-corrected chi connectivity index (χ1v) is 4.93. The van der Waals surface area contributed by atoms with Crippen LogP contribution in [0.3, 0.4) is 0 Å². The third-order valence-electron chi connectivity index (χ3n) is 2.21. The van der Waals surface area contributed by atoms with Gasteiger partial charge < -0.3 is 5.73 Å². The Morgan fingerprint density at radius 1 is 1.35 bits per heavy atom. The van der Waals surface area contributed by atoms with Gasteiger partial charge in [0.1, 0.15) is 0 Å². The number of hydrogen-bond acceptors (Lipinski definition) is 6. The maximum absolute atomic E-state index is 10.5. The lowest BCUT2D eigenvalue weighted by Gasteiger charge is -2.02. The van der Waals surface area contributed by atoms with Crippen molar-refractivity contribution >= 4 is 5.69 Å². The summed E-state index contributed by atoms with van der Waals surface area (Å²) < 4.78 is 1.56. The van der Waals surface area contributed by atoms with Crippen LogP contribution >= 0.6 is 0 Å². The molecule has 0 atom stereocenters. The second kappa shape index (κ2) is 4.66. The highest BCUT2D eigenvalue weighted by Crippen LogP contribution is 2.19. The normalized spacial score (nSPS) is 10.4. The quantitative estimate of drug-likeness (QED) is 0.597. The lowest BCUT2D eigenvalue weighted by atomic mass is 10.2. The highest BCUT2D eigenvalue weighted by molar-refractivity contribution is 5.56. The van der Waals surface area contributed by atoms with Crippen molar-refractivity contribution in [3.05, 3.63) is 34.4 Å². The Labute approximate surface area is 96.2 Å². The van der Waals surface area contributed by atoms with Crippen LogP contribution in [0, 0.1) is 10.1 Å². The molecule has 17 heavy (non-hydrogen) atoms. The number of nitrogens with zero attached hydrogens (tertiary/aromatic N) is 5. The van der Waals surface area contributed by atoms with Gasteiger partial charge in [0.2, 0.25) is 0 Å². The van der Waals surface area contributed by atoms with E-state index in [2.05, 4.69) is 15.5 Å². The standard InChI is InChI=1S/C9H10N6O2/c10-5-6-14-9(11-12-13-14)7-1-3-8(4-2-7)15(16)17/h1-4H,5-6,10H2. The Morgan fingerprint density at radius 3 is 2.65 bits per heavy atom. The maximum Gasteiger partial charge on any atom is 0.269 e. The zero-order valence-corrected chi connectivity index (χ0v) is 8.85. The number of hydrogen-bond donors (Lipinski definition) is 1. The van der Waals surface area contributed by atoms with E-state index in [-0.39, 0.29) is 5.69 Å². The van der Waals surface area contributed by atoms with Crippen LogP contribution in [0.1, 0.15) is 0 Å². The summed E-state index contributed by atoms with van der Waals surface area (Å²) in [6, 6.07) is 6.04. The average molecular weight is 234 g/mol. The molecule has 0 fully saturated rings. The summed E-state index contributed by atoms with van der Waals surface area (Å²) in [5.74, 6) is 0.547. The highest BCUT2D eigenvalue weighted by Gasteiger charge is 2.10.